The Hall–Kier alpha value is -1.49. The molecule has 16 heavy (non-hydrogen) atoms. The number of hydrogen-bond acceptors (Lipinski definition) is 3. The molecule has 0 radical (unpaired) electrons. The summed E-state index contributed by atoms with van der Waals surface area (Å²) in [4.78, 5) is 12.6. The molecule has 0 fully saturated rings. The number of carbonyl (C=O) groups excluding carboxylic acids is 1. The summed E-state index contributed by atoms with van der Waals surface area (Å²) in [6, 6.07) is 7.32. The van der Waals surface area contributed by atoms with Gasteiger partial charge in [0.05, 0.1) is 4.47 Å². The van der Waals surface area contributed by atoms with E-state index in [9.17, 15) is 4.79 Å². The van der Waals surface area contributed by atoms with Crippen molar-refractivity contribution in [2.75, 3.05) is 14.1 Å². The van der Waals surface area contributed by atoms with Gasteiger partial charge >= 0.3 is 6.09 Å². The van der Waals surface area contributed by atoms with Crippen LogP contribution in [0.5, 0.6) is 5.95 Å². The Morgan fingerprint density at radius 3 is 2.81 bits per heavy atom. The number of hydrogen-bond donors (Lipinski definition) is 0. The second-order valence-corrected chi connectivity index (χ2v) is 4.34. The van der Waals surface area contributed by atoms with E-state index in [1.54, 1.807) is 20.2 Å². The van der Waals surface area contributed by atoms with E-state index >= 15 is 0 Å². The van der Waals surface area contributed by atoms with Gasteiger partial charge in [-0.25, -0.2) is 4.79 Å². The van der Waals surface area contributed by atoms with Crippen molar-refractivity contribution in [3.8, 4) is 5.95 Å². The standard InChI is InChI=1S/C11H10BrNO3/c1-13(2)11(14)16-9-6-7-4-3-5-8(12)10(7)15-9/h3-6H,1-2H3. The highest BCUT2D eigenvalue weighted by atomic mass is 79.9. The van der Waals surface area contributed by atoms with Gasteiger partial charge in [0.15, 0.2) is 5.58 Å². The zero-order valence-electron chi connectivity index (χ0n) is 8.86. The number of carbonyl (C=O) groups is 1. The average Bonchev–Trinajstić information content (AvgIpc) is 2.61. The minimum atomic E-state index is -0.463. The molecule has 0 aliphatic rings. The van der Waals surface area contributed by atoms with Crippen molar-refractivity contribution in [3.05, 3.63) is 28.7 Å². The van der Waals surface area contributed by atoms with Crippen molar-refractivity contribution in [3.63, 3.8) is 0 Å². The van der Waals surface area contributed by atoms with Crippen LogP contribution in [0.3, 0.4) is 0 Å². The van der Waals surface area contributed by atoms with E-state index in [-0.39, 0.29) is 5.95 Å². The maximum atomic E-state index is 11.3. The van der Waals surface area contributed by atoms with Crippen LogP contribution in [-0.2, 0) is 0 Å². The zero-order valence-corrected chi connectivity index (χ0v) is 10.4. The summed E-state index contributed by atoms with van der Waals surface area (Å²) in [5.41, 5.74) is 0.670. The van der Waals surface area contributed by atoms with Gasteiger partial charge in [-0.3, -0.25) is 0 Å². The molecule has 5 heteroatoms. The maximum Gasteiger partial charge on any atom is 0.417 e. The van der Waals surface area contributed by atoms with Gasteiger partial charge in [-0.1, -0.05) is 12.1 Å². The van der Waals surface area contributed by atoms with Crippen molar-refractivity contribution >= 4 is 33.0 Å². The first-order valence-electron chi connectivity index (χ1n) is 4.65. The average molecular weight is 284 g/mol. The number of fused-ring (bicyclic) bond motifs is 1. The van der Waals surface area contributed by atoms with Crippen molar-refractivity contribution in [2.24, 2.45) is 0 Å². The molecule has 1 aromatic heterocycles. The second-order valence-electron chi connectivity index (χ2n) is 3.49. The quantitative estimate of drug-likeness (QED) is 0.807. The lowest BCUT2D eigenvalue weighted by atomic mass is 10.3. The van der Waals surface area contributed by atoms with Gasteiger partial charge in [-0.05, 0) is 22.0 Å². The minimum Gasteiger partial charge on any atom is -0.424 e. The Bertz CT molecular complexity index is 533. The Labute approximate surface area is 101 Å². The minimum absolute atomic E-state index is 0.195. The van der Waals surface area contributed by atoms with Crippen molar-refractivity contribution < 1.29 is 13.9 Å². The van der Waals surface area contributed by atoms with Gasteiger partial charge in [-0.2, -0.15) is 0 Å². The van der Waals surface area contributed by atoms with E-state index in [0.29, 0.717) is 5.58 Å². The molecule has 0 aliphatic heterocycles. The van der Waals surface area contributed by atoms with Crippen LogP contribution in [0.1, 0.15) is 0 Å². The summed E-state index contributed by atoms with van der Waals surface area (Å²) in [6.45, 7) is 0. The maximum absolute atomic E-state index is 11.3. The van der Waals surface area contributed by atoms with E-state index in [2.05, 4.69) is 15.9 Å². The molecule has 4 nitrogen and oxygen atoms in total. The molecule has 0 unspecified atom stereocenters. The Balaban J connectivity index is 2.33. The Kier molecular flexibility index (Phi) is 2.87. The number of benzene rings is 1. The Morgan fingerprint density at radius 1 is 1.44 bits per heavy atom. The van der Waals surface area contributed by atoms with Gasteiger partial charge in [-0.15, -0.1) is 0 Å². The molecule has 0 atom stereocenters. The topological polar surface area (TPSA) is 42.7 Å². The lowest BCUT2D eigenvalue weighted by molar-refractivity contribution is 0.161. The van der Waals surface area contributed by atoms with Gasteiger partial charge in [0.25, 0.3) is 5.95 Å². The number of amides is 1. The number of furan rings is 1. The van der Waals surface area contributed by atoms with Gasteiger partial charge in [0.2, 0.25) is 0 Å². The van der Waals surface area contributed by atoms with Crippen LogP contribution in [0.4, 0.5) is 4.79 Å². The molecule has 0 aliphatic carbocycles. The van der Waals surface area contributed by atoms with E-state index in [4.69, 9.17) is 9.15 Å². The van der Waals surface area contributed by atoms with Crippen LogP contribution in [0.25, 0.3) is 11.0 Å². The van der Waals surface area contributed by atoms with Crippen LogP contribution >= 0.6 is 15.9 Å². The number of para-hydroxylation sites is 1. The number of rotatable bonds is 1. The van der Waals surface area contributed by atoms with Crippen LogP contribution in [0.15, 0.2) is 33.2 Å². The molecule has 84 valence electrons. The molecule has 0 bridgehead atoms. The van der Waals surface area contributed by atoms with Crippen molar-refractivity contribution in [1.29, 1.82) is 0 Å². The fraction of sp³-hybridized carbons (Fsp3) is 0.182. The first-order chi connectivity index (χ1) is 7.58. The zero-order chi connectivity index (χ0) is 11.7. The van der Waals surface area contributed by atoms with E-state index < -0.39 is 6.09 Å². The van der Waals surface area contributed by atoms with Gasteiger partial charge < -0.3 is 14.1 Å². The summed E-state index contributed by atoms with van der Waals surface area (Å²) < 4.78 is 11.2. The third-order valence-electron chi connectivity index (χ3n) is 2.03. The van der Waals surface area contributed by atoms with Gasteiger partial charge in [0, 0.05) is 25.5 Å². The highest BCUT2D eigenvalue weighted by molar-refractivity contribution is 9.10. The SMILES string of the molecule is CN(C)C(=O)Oc1cc2cccc(Br)c2o1. The molecular formula is C11H10BrNO3. The fourth-order valence-corrected chi connectivity index (χ4v) is 1.69. The second kappa shape index (κ2) is 4.17. The van der Waals surface area contributed by atoms with Crippen LogP contribution in [0.2, 0.25) is 0 Å². The molecular weight excluding hydrogens is 274 g/mol. The highest BCUT2D eigenvalue weighted by Gasteiger charge is 2.12. The first kappa shape index (κ1) is 11.0. The van der Waals surface area contributed by atoms with E-state index in [1.807, 2.05) is 18.2 Å². The van der Waals surface area contributed by atoms with Crippen LogP contribution in [-0.4, -0.2) is 25.1 Å². The molecule has 0 N–H and O–H groups in total. The molecule has 0 saturated heterocycles. The smallest absolute Gasteiger partial charge is 0.417 e. The normalized spacial score (nSPS) is 10.4. The molecule has 2 rings (SSSR count). The summed E-state index contributed by atoms with van der Waals surface area (Å²) >= 11 is 3.36. The van der Waals surface area contributed by atoms with Crippen molar-refractivity contribution in [1.82, 2.24) is 4.90 Å². The van der Waals surface area contributed by atoms with Crippen LogP contribution < -0.4 is 4.74 Å². The summed E-state index contributed by atoms with van der Waals surface area (Å²) in [5.74, 6) is 0.195. The van der Waals surface area contributed by atoms with Crippen molar-refractivity contribution in [2.45, 2.75) is 0 Å². The van der Waals surface area contributed by atoms with E-state index in [0.717, 1.165) is 9.86 Å². The first-order valence-corrected chi connectivity index (χ1v) is 5.44. The number of ether oxygens (including phenoxy) is 1. The molecule has 0 spiro atoms. The van der Waals surface area contributed by atoms with Gasteiger partial charge in [0.1, 0.15) is 0 Å². The van der Waals surface area contributed by atoms with E-state index in [1.165, 1.54) is 4.90 Å². The monoisotopic (exact) mass is 283 g/mol. The fourth-order valence-electron chi connectivity index (χ4n) is 1.23. The molecule has 2 aromatic rings. The largest absolute Gasteiger partial charge is 0.424 e. The molecule has 1 aromatic carbocycles. The Morgan fingerprint density at radius 2 is 2.19 bits per heavy atom. The number of halogens is 1. The summed E-state index contributed by atoms with van der Waals surface area (Å²) in [7, 11) is 3.22. The third-order valence-corrected chi connectivity index (χ3v) is 2.65. The third kappa shape index (κ3) is 2.04. The summed E-state index contributed by atoms with van der Waals surface area (Å²) in [5, 5.41) is 0.885. The van der Waals surface area contributed by atoms with Crippen LogP contribution in [0, 0.1) is 0 Å². The lowest BCUT2D eigenvalue weighted by Gasteiger charge is -2.07. The highest BCUT2D eigenvalue weighted by Crippen LogP contribution is 2.30. The predicted octanol–water partition coefficient (Wildman–Crippen LogP) is 3.26. The molecule has 0 saturated carbocycles. The predicted molar refractivity (Wildman–Crippen MR) is 63.6 cm³/mol. The number of nitrogens with zero attached hydrogens (tertiary/aromatic N) is 1. The summed E-state index contributed by atoms with van der Waals surface area (Å²) in [6.07, 6.45) is -0.463. The molecule has 1 amide bonds. The lowest BCUT2D eigenvalue weighted by Crippen LogP contribution is -2.25. The molecule has 1 heterocycles.